The van der Waals surface area contributed by atoms with Gasteiger partial charge in [0, 0.05) is 18.1 Å². The standard InChI is InChI=1S/C14H25N5OS/c1-9(2)17-12(20)10-11(15)18-21-13(10)16-8-14(19(3)4)6-5-7-14/h9,16H,5-8H2,1-4H3,(H2,15,18)(H,17,20). The van der Waals surface area contributed by atoms with E-state index in [0.29, 0.717) is 11.4 Å². The number of nitrogens with two attached hydrogens (primary N) is 1. The Morgan fingerprint density at radius 1 is 1.48 bits per heavy atom. The van der Waals surface area contributed by atoms with E-state index in [2.05, 4.69) is 34.0 Å². The Morgan fingerprint density at radius 3 is 2.62 bits per heavy atom. The van der Waals surface area contributed by atoms with Crippen LogP contribution in [0.5, 0.6) is 0 Å². The van der Waals surface area contributed by atoms with E-state index >= 15 is 0 Å². The lowest BCUT2D eigenvalue weighted by molar-refractivity contribution is 0.0739. The minimum atomic E-state index is -0.161. The summed E-state index contributed by atoms with van der Waals surface area (Å²) in [5.41, 5.74) is 6.51. The number of amides is 1. The van der Waals surface area contributed by atoms with E-state index < -0.39 is 0 Å². The molecule has 0 saturated heterocycles. The molecular weight excluding hydrogens is 286 g/mol. The number of nitrogen functional groups attached to an aromatic ring is 1. The first-order chi connectivity index (χ1) is 9.85. The largest absolute Gasteiger partial charge is 0.382 e. The molecule has 1 aromatic rings. The van der Waals surface area contributed by atoms with Gasteiger partial charge in [0.15, 0.2) is 5.82 Å². The second kappa shape index (κ2) is 6.19. The summed E-state index contributed by atoms with van der Waals surface area (Å²) in [7, 11) is 4.21. The smallest absolute Gasteiger partial charge is 0.258 e. The highest BCUT2D eigenvalue weighted by Gasteiger charge is 2.39. The minimum absolute atomic E-state index is 0.0735. The topological polar surface area (TPSA) is 83.3 Å². The van der Waals surface area contributed by atoms with E-state index in [9.17, 15) is 4.79 Å². The molecule has 21 heavy (non-hydrogen) atoms. The number of hydrogen-bond acceptors (Lipinski definition) is 6. The van der Waals surface area contributed by atoms with Crippen LogP contribution in [0.2, 0.25) is 0 Å². The van der Waals surface area contributed by atoms with Gasteiger partial charge in [0.05, 0.1) is 0 Å². The first kappa shape index (κ1) is 16.0. The van der Waals surface area contributed by atoms with Crippen molar-refractivity contribution in [1.29, 1.82) is 0 Å². The molecule has 0 bridgehead atoms. The minimum Gasteiger partial charge on any atom is -0.382 e. The molecule has 4 N–H and O–H groups in total. The van der Waals surface area contributed by atoms with Crippen LogP contribution in [0.25, 0.3) is 0 Å². The van der Waals surface area contributed by atoms with Gasteiger partial charge in [0.2, 0.25) is 0 Å². The molecule has 0 unspecified atom stereocenters. The fraction of sp³-hybridized carbons (Fsp3) is 0.714. The van der Waals surface area contributed by atoms with Crippen LogP contribution in [0.4, 0.5) is 10.8 Å². The number of anilines is 2. The highest BCUT2D eigenvalue weighted by atomic mass is 32.1. The fourth-order valence-electron chi connectivity index (χ4n) is 2.59. The van der Waals surface area contributed by atoms with Crippen molar-refractivity contribution < 1.29 is 4.79 Å². The Hall–Kier alpha value is -1.34. The average molecular weight is 311 g/mol. The van der Waals surface area contributed by atoms with Gasteiger partial charge < -0.3 is 21.3 Å². The SMILES string of the molecule is CC(C)NC(=O)c1c(N)nsc1NCC1(N(C)C)CCC1. The number of hydrogen-bond donors (Lipinski definition) is 3. The van der Waals surface area contributed by atoms with Crippen molar-refractivity contribution in [1.82, 2.24) is 14.6 Å². The van der Waals surface area contributed by atoms with E-state index in [0.717, 1.165) is 11.5 Å². The summed E-state index contributed by atoms with van der Waals surface area (Å²) < 4.78 is 4.12. The molecule has 0 spiro atoms. The zero-order chi connectivity index (χ0) is 15.6. The van der Waals surface area contributed by atoms with Gasteiger partial charge in [-0.25, -0.2) is 0 Å². The lowest BCUT2D eigenvalue weighted by atomic mass is 9.75. The summed E-state index contributed by atoms with van der Waals surface area (Å²) in [4.78, 5) is 14.5. The summed E-state index contributed by atoms with van der Waals surface area (Å²) in [6.45, 7) is 4.66. The van der Waals surface area contributed by atoms with Crippen LogP contribution >= 0.6 is 11.5 Å². The summed E-state index contributed by atoms with van der Waals surface area (Å²) in [6, 6.07) is 0.0735. The van der Waals surface area contributed by atoms with Crippen LogP contribution in [0, 0.1) is 0 Å². The molecule has 118 valence electrons. The van der Waals surface area contributed by atoms with Gasteiger partial charge in [-0.15, -0.1) is 0 Å². The molecule has 7 heteroatoms. The van der Waals surface area contributed by atoms with E-state index in [1.54, 1.807) is 0 Å². The number of nitrogens with one attached hydrogen (secondary N) is 2. The van der Waals surface area contributed by atoms with Crippen molar-refractivity contribution in [2.75, 3.05) is 31.7 Å². The molecule has 1 heterocycles. The highest BCUT2D eigenvalue weighted by Crippen LogP contribution is 2.37. The summed E-state index contributed by atoms with van der Waals surface area (Å²) in [5.74, 6) is 0.138. The summed E-state index contributed by atoms with van der Waals surface area (Å²) in [6.07, 6.45) is 3.61. The highest BCUT2D eigenvalue weighted by molar-refractivity contribution is 7.11. The number of likely N-dealkylation sites (N-methyl/N-ethyl adjacent to an activating group) is 1. The Bertz CT molecular complexity index is 507. The van der Waals surface area contributed by atoms with Gasteiger partial charge in [-0.3, -0.25) is 4.79 Å². The molecule has 6 nitrogen and oxygen atoms in total. The van der Waals surface area contributed by atoms with Crippen molar-refractivity contribution in [3.05, 3.63) is 5.56 Å². The molecule has 1 aromatic heterocycles. The van der Waals surface area contributed by atoms with Crippen molar-refractivity contribution in [3.63, 3.8) is 0 Å². The third-order valence-electron chi connectivity index (χ3n) is 4.18. The van der Waals surface area contributed by atoms with Gasteiger partial charge in [0.1, 0.15) is 10.6 Å². The fourth-order valence-corrected chi connectivity index (χ4v) is 3.29. The van der Waals surface area contributed by atoms with Crippen LogP contribution in [0.1, 0.15) is 43.5 Å². The van der Waals surface area contributed by atoms with Crippen LogP contribution in [0.3, 0.4) is 0 Å². The normalized spacial score (nSPS) is 16.9. The molecule has 0 aliphatic heterocycles. The molecule has 1 saturated carbocycles. The van der Waals surface area contributed by atoms with Crippen molar-refractivity contribution in [3.8, 4) is 0 Å². The van der Waals surface area contributed by atoms with Gasteiger partial charge in [0.25, 0.3) is 5.91 Å². The van der Waals surface area contributed by atoms with Crippen molar-refractivity contribution >= 4 is 28.3 Å². The molecule has 0 radical (unpaired) electrons. The van der Waals surface area contributed by atoms with Gasteiger partial charge in [-0.05, 0) is 58.7 Å². The second-order valence-electron chi connectivity index (χ2n) is 6.23. The zero-order valence-electron chi connectivity index (χ0n) is 13.2. The third kappa shape index (κ3) is 3.29. The van der Waals surface area contributed by atoms with E-state index in [-0.39, 0.29) is 17.5 Å². The van der Waals surface area contributed by atoms with Gasteiger partial charge in [-0.1, -0.05) is 0 Å². The number of aromatic nitrogens is 1. The first-order valence-electron chi connectivity index (χ1n) is 7.33. The lowest BCUT2D eigenvalue weighted by Gasteiger charge is -2.47. The molecule has 1 fully saturated rings. The predicted octanol–water partition coefficient (Wildman–Crippen LogP) is 1.76. The van der Waals surface area contributed by atoms with Crippen LogP contribution < -0.4 is 16.4 Å². The molecule has 2 rings (SSSR count). The van der Waals surface area contributed by atoms with Gasteiger partial charge >= 0.3 is 0 Å². The molecule has 1 aliphatic rings. The summed E-state index contributed by atoms with van der Waals surface area (Å²) in [5, 5.41) is 7.02. The third-order valence-corrected chi connectivity index (χ3v) is 5.00. The molecular formula is C14H25N5OS. The number of carbonyl (C=O) groups is 1. The number of carbonyl (C=O) groups excluding carboxylic acids is 1. The van der Waals surface area contributed by atoms with Crippen LogP contribution in [0.15, 0.2) is 0 Å². The molecule has 1 amide bonds. The molecule has 0 atom stereocenters. The molecule has 0 aromatic carbocycles. The number of rotatable bonds is 6. The Kier molecular flexibility index (Phi) is 4.73. The van der Waals surface area contributed by atoms with Crippen LogP contribution in [-0.4, -0.2) is 47.4 Å². The molecule has 1 aliphatic carbocycles. The van der Waals surface area contributed by atoms with Crippen LogP contribution in [-0.2, 0) is 0 Å². The lowest BCUT2D eigenvalue weighted by Crippen LogP contribution is -2.54. The summed E-state index contributed by atoms with van der Waals surface area (Å²) >= 11 is 1.25. The average Bonchev–Trinajstić information content (AvgIpc) is 2.67. The monoisotopic (exact) mass is 311 g/mol. The quantitative estimate of drug-likeness (QED) is 0.745. The Labute approximate surface area is 130 Å². The maximum atomic E-state index is 12.2. The maximum Gasteiger partial charge on any atom is 0.258 e. The Morgan fingerprint density at radius 2 is 2.14 bits per heavy atom. The number of nitrogens with zero attached hydrogens (tertiary/aromatic N) is 2. The zero-order valence-corrected chi connectivity index (χ0v) is 14.0. The second-order valence-corrected chi connectivity index (χ2v) is 7.00. The van der Waals surface area contributed by atoms with Crippen molar-refractivity contribution in [2.24, 2.45) is 0 Å². The predicted molar refractivity (Wildman–Crippen MR) is 87.9 cm³/mol. The van der Waals surface area contributed by atoms with Gasteiger partial charge in [-0.2, -0.15) is 4.37 Å². The van der Waals surface area contributed by atoms with E-state index in [1.165, 1.54) is 30.8 Å². The first-order valence-corrected chi connectivity index (χ1v) is 8.10. The van der Waals surface area contributed by atoms with Crippen molar-refractivity contribution in [2.45, 2.75) is 44.7 Å². The maximum absolute atomic E-state index is 12.2. The van der Waals surface area contributed by atoms with E-state index in [4.69, 9.17) is 5.73 Å². The Balaban J connectivity index is 2.09. The van der Waals surface area contributed by atoms with E-state index in [1.807, 2.05) is 13.8 Å².